The van der Waals surface area contributed by atoms with E-state index >= 15 is 0 Å². The molecule has 7 nitrogen and oxygen atoms in total. The highest BCUT2D eigenvalue weighted by atomic mass is 32.2. The van der Waals surface area contributed by atoms with Crippen molar-refractivity contribution in [3.05, 3.63) is 66.1 Å². The minimum absolute atomic E-state index is 0.0130. The quantitative estimate of drug-likeness (QED) is 0.289. The highest BCUT2D eigenvalue weighted by Gasteiger charge is 2.29. The predicted octanol–water partition coefficient (Wildman–Crippen LogP) is 4.18. The molecule has 33 heavy (non-hydrogen) atoms. The number of nitrogens with zero attached hydrogens (tertiary/aromatic N) is 3. The van der Waals surface area contributed by atoms with E-state index in [1.807, 2.05) is 61.6 Å². The highest BCUT2D eigenvalue weighted by molar-refractivity contribution is 7.99. The Bertz CT molecular complexity index is 1420. The Labute approximate surface area is 196 Å². The molecule has 0 radical (unpaired) electrons. The average Bonchev–Trinajstić information content (AvgIpc) is 3.49. The van der Waals surface area contributed by atoms with Crippen LogP contribution >= 0.6 is 11.8 Å². The molecule has 0 saturated carbocycles. The van der Waals surface area contributed by atoms with Gasteiger partial charge >= 0.3 is 0 Å². The Kier molecular flexibility index (Phi) is 5.84. The fraction of sp³-hybridized carbons (Fsp3) is 0.292. The second-order valence-corrected chi connectivity index (χ2v) is 11.5. The number of hydrogen-bond donors (Lipinski definition) is 0. The summed E-state index contributed by atoms with van der Waals surface area (Å²) in [5, 5.41) is 9.33. The van der Waals surface area contributed by atoms with Crippen molar-refractivity contribution in [1.82, 2.24) is 14.8 Å². The lowest BCUT2D eigenvalue weighted by Crippen LogP contribution is -2.07. The number of carbonyl (C=O) groups is 1. The van der Waals surface area contributed by atoms with E-state index < -0.39 is 9.84 Å². The van der Waals surface area contributed by atoms with Crippen molar-refractivity contribution in [1.29, 1.82) is 0 Å². The maximum Gasteiger partial charge on any atom is 0.277 e. The van der Waals surface area contributed by atoms with Crippen molar-refractivity contribution in [3.8, 4) is 11.3 Å². The lowest BCUT2D eigenvalue weighted by Gasteiger charge is -2.07. The molecule has 0 bridgehead atoms. The summed E-state index contributed by atoms with van der Waals surface area (Å²) in [6.07, 6.45) is 1.07. The molecule has 0 spiro atoms. The molecule has 2 aromatic carbocycles. The van der Waals surface area contributed by atoms with Crippen LogP contribution in [0.25, 0.3) is 22.2 Å². The number of benzene rings is 2. The van der Waals surface area contributed by atoms with Gasteiger partial charge in [-0.05, 0) is 24.0 Å². The largest absolute Gasteiger partial charge is 0.416 e. The van der Waals surface area contributed by atoms with Crippen molar-refractivity contribution in [3.63, 3.8) is 0 Å². The predicted molar refractivity (Wildman–Crippen MR) is 128 cm³/mol. The lowest BCUT2D eigenvalue weighted by molar-refractivity contribution is 0.102. The zero-order valence-electron chi connectivity index (χ0n) is 18.1. The molecular weight excluding hydrogens is 458 g/mol. The molecule has 1 atom stereocenters. The van der Waals surface area contributed by atoms with Crippen LogP contribution in [0, 0.1) is 5.92 Å². The summed E-state index contributed by atoms with van der Waals surface area (Å²) in [6, 6.07) is 17.8. The summed E-state index contributed by atoms with van der Waals surface area (Å²) < 4.78 is 31.1. The smallest absolute Gasteiger partial charge is 0.277 e. The van der Waals surface area contributed by atoms with E-state index in [0.29, 0.717) is 29.5 Å². The maximum atomic E-state index is 13.4. The van der Waals surface area contributed by atoms with E-state index in [0.717, 1.165) is 22.2 Å². The summed E-state index contributed by atoms with van der Waals surface area (Å²) >= 11 is 1.21. The molecule has 4 aromatic rings. The molecule has 0 N–H and O–H groups in total. The van der Waals surface area contributed by atoms with Gasteiger partial charge in [0, 0.05) is 24.4 Å². The third-order valence-electron chi connectivity index (χ3n) is 6.00. The number of carbonyl (C=O) groups excluding carboxylic acids is 1. The second kappa shape index (κ2) is 8.79. The minimum atomic E-state index is -2.95. The molecule has 0 amide bonds. The molecule has 9 heteroatoms. The summed E-state index contributed by atoms with van der Waals surface area (Å²) in [4.78, 5) is 13.4. The third-order valence-corrected chi connectivity index (χ3v) is 8.65. The molecule has 0 aliphatic carbocycles. The van der Waals surface area contributed by atoms with Crippen molar-refractivity contribution in [2.45, 2.75) is 18.1 Å². The van der Waals surface area contributed by atoms with Gasteiger partial charge in [0.25, 0.3) is 5.22 Å². The first-order chi connectivity index (χ1) is 15.9. The van der Waals surface area contributed by atoms with Crippen molar-refractivity contribution >= 4 is 38.3 Å². The maximum absolute atomic E-state index is 13.4. The van der Waals surface area contributed by atoms with Gasteiger partial charge in [0.1, 0.15) is 0 Å². The summed E-state index contributed by atoms with van der Waals surface area (Å²) in [7, 11) is -0.971. The van der Waals surface area contributed by atoms with E-state index in [4.69, 9.17) is 4.42 Å². The number of Topliss-reactive ketones (excluding diaryl/α,β-unsaturated/α-hetero) is 1. The topological polar surface area (TPSA) is 95.1 Å². The van der Waals surface area contributed by atoms with Crippen molar-refractivity contribution in [2.75, 3.05) is 17.3 Å². The highest BCUT2D eigenvalue weighted by Crippen LogP contribution is 2.34. The van der Waals surface area contributed by atoms with Crippen LogP contribution in [0.4, 0.5) is 0 Å². The first-order valence-corrected chi connectivity index (χ1v) is 13.5. The number of fused-ring (bicyclic) bond motifs is 1. The van der Waals surface area contributed by atoms with E-state index in [9.17, 15) is 13.2 Å². The van der Waals surface area contributed by atoms with Crippen LogP contribution in [-0.2, 0) is 23.3 Å². The third kappa shape index (κ3) is 4.47. The van der Waals surface area contributed by atoms with E-state index in [2.05, 4.69) is 14.8 Å². The van der Waals surface area contributed by atoms with Crippen LogP contribution in [0.15, 0.2) is 64.2 Å². The van der Waals surface area contributed by atoms with Gasteiger partial charge in [-0.15, -0.1) is 10.2 Å². The number of sulfone groups is 1. The first-order valence-electron chi connectivity index (χ1n) is 10.7. The number of aryl methyl sites for hydroxylation is 1. The lowest BCUT2D eigenvalue weighted by atomic mass is 10.0. The fourth-order valence-corrected chi connectivity index (χ4v) is 6.98. The Morgan fingerprint density at radius 2 is 1.88 bits per heavy atom. The molecule has 1 fully saturated rings. The van der Waals surface area contributed by atoms with Gasteiger partial charge in [-0.2, -0.15) is 0 Å². The molecule has 1 aliphatic heterocycles. The Morgan fingerprint density at radius 1 is 1.12 bits per heavy atom. The monoisotopic (exact) mass is 481 g/mol. The number of ketones is 1. The summed E-state index contributed by atoms with van der Waals surface area (Å²) in [5.74, 6) is 0.961. The molecule has 170 valence electrons. The van der Waals surface area contributed by atoms with Gasteiger partial charge < -0.3 is 8.98 Å². The summed E-state index contributed by atoms with van der Waals surface area (Å²) in [5.41, 5.74) is 3.55. The number of thioether (sulfide) groups is 1. The Morgan fingerprint density at radius 3 is 2.64 bits per heavy atom. The van der Waals surface area contributed by atoms with E-state index in [1.54, 1.807) is 0 Å². The minimum Gasteiger partial charge on any atom is -0.416 e. The number of para-hydroxylation sites is 1. The van der Waals surface area contributed by atoms with Gasteiger partial charge in [-0.3, -0.25) is 4.79 Å². The number of aromatic nitrogens is 3. The van der Waals surface area contributed by atoms with Crippen molar-refractivity contribution in [2.24, 2.45) is 13.0 Å². The molecular formula is C24H23N3O4S2. The number of hydrogen-bond acceptors (Lipinski definition) is 7. The van der Waals surface area contributed by atoms with Gasteiger partial charge in [0.15, 0.2) is 15.6 Å². The van der Waals surface area contributed by atoms with Crippen LogP contribution in [0.1, 0.15) is 22.7 Å². The van der Waals surface area contributed by atoms with Crippen LogP contribution in [0.2, 0.25) is 0 Å². The molecule has 0 unspecified atom stereocenters. The number of rotatable bonds is 7. The van der Waals surface area contributed by atoms with Gasteiger partial charge in [-0.25, -0.2) is 8.42 Å². The van der Waals surface area contributed by atoms with Crippen LogP contribution in [0.3, 0.4) is 0 Å². The fourth-order valence-electron chi connectivity index (χ4n) is 4.47. The van der Waals surface area contributed by atoms with E-state index in [1.165, 1.54) is 11.8 Å². The first kappa shape index (κ1) is 21.9. The molecule has 1 saturated heterocycles. The SMILES string of the molecule is Cn1c(-c2ccccc2)c(C(=O)CSc2nnc(C[C@@H]3CCS(=O)(=O)C3)o2)c2ccccc21. The van der Waals surface area contributed by atoms with E-state index in [-0.39, 0.29) is 29.0 Å². The zero-order chi connectivity index (χ0) is 23.0. The van der Waals surface area contributed by atoms with Crippen LogP contribution in [-0.4, -0.2) is 46.2 Å². The zero-order valence-corrected chi connectivity index (χ0v) is 19.7. The Balaban J connectivity index is 1.36. The molecule has 1 aliphatic rings. The second-order valence-electron chi connectivity index (χ2n) is 8.31. The van der Waals surface area contributed by atoms with Gasteiger partial charge in [0.2, 0.25) is 5.89 Å². The average molecular weight is 482 g/mol. The Hall–Kier alpha value is -2.91. The standard InChI is InChI=1S/C24H23N3O4S2/c1-27-19-10-6-5-9-18(19)22(23(27)17-7-3-2-4-8-17)20(28)14-32-24-26-25-21(31-24)13-16-11-12-33(29,30)15-16/h2-10,16H,11-15H2,1H3/t16-/m0/s1. The normalized spacial score (nSPS) is 17.5. The van der Waals surface area contributed by atoms with Crippen LogP contribution in [0.5, 0.6) is 0 Å². The van der Waals surface area contributed by atoms with Crippen LogP contribution < -0.4 is 0 Å². The molecule has 2 aromatic heterocycles. The summed E-state index contributed by atoms with van der Waals surface area (Å²) in [6.45, 7) is 0. The molecule has 5 rings (SSSR count). The van der Waals surface area contributed by atoms with Crippen molar-refractivity contribution < 1.29 is 17.6 Å². The van der Waals surface area contributed by atoms with Gasteiger partial charge in [0.05, 0.1) is 28.5 Å². The molecule has 3 heterocycles. The van der Waals surface area contributed by atoms with Gasteiger partial charge in [-0.1, -0.05) is 60.3 Å².